The highest BCUT2D eigenvalue weighted by atomic mass is 16.6. The second-order valence-electron chi connectivity index (χ2n) is 12.4. The molecule has 3 aliphatic heterocycles. The van der Waals surface area contributed by atoms with Gasteiger partial charge in [-0.3, -0.25) is 24.5 Å². The summed E-state index contributed by atoms with van der Waals surface area (Å²) in [6.45, 7) is 10.1. The third-order valence-corrected chi connectivity index (χ3v) is 8.36. The van der Waals surface area contributed by atoms with E-state index in [1.54, 1.807) is 4.90 Å². The first-order valence-electron chi connectivity index (χ1n) is 14.4. The Bertz CT molecular complexity index is 1260. The maximum absolute atomic E-state index is 12.6. The SMILES string of the molecule is Cn1nc(C2CCC(=O)NC2=O)c2cccc(N3CCC(CN4CCN(C(=O)OC(C)(C)C)C[C@@H]4CO)CC3)c21. The van der Waals surface area contributed by atoms with Gasteiger partial charge >= 0.3 is 6.09 Å². The molecule has 0 spiro atoms. The van der Waals surface area contributed by atoms with Crippen LogP contribution in [0, 0.1) is 5.92 Å². The fourth-order valence-electron chi connectivity index (χ4n) is 6.30. The third kappa shape index (κ3) is 5.95. The van der Waals surface area contributed by atoms with E-state index in [-0.39, 0.29) is 30.6 Å². The van der Waals surface area contributed by atoms with Crippen LogP contribution in [0.4, 0.5) is 10.5 Å². The van der Waals surface area contributed by atoms with Crippen LogP contribution in [0.1, 0.15) is 58.1 Å². The number of nitrogens with zero attached hydrogens (tertiary/aromatic N) is 5. The van der Waals surface area contributed by atoms with E-state index in [2.05, 4.69) is 21.2 Å². The number of imide groups is 1. The molecule has 3 amide bonds. The number of anilines is 1. The topological polar surface area (TPSA) is 120 Å². The van der Waals surface area contributed by atoms with Gasteiger partial charge in [-0.2, -0.15) is 5.10 Å². The molecule has 2 aromatic rings. The van der Waals surface area contributed by atoms with Gasteiger partial charge in [0.25, 0.3) is 0 Å². The smallest absolute Gasteiger partial charge is 0.410 e. The summed E-state index contributed by atoms with van der Waals surface area (Å²) >= 11 is 0. The monoisotopic (exact) mass is 554 g/mol. The van der Waals surface area contributed by atoms with Crippen LogP contribution in [0.2, 0.25) is 0 Å². The number of carbonyl (C=O) groups is 3. The molecule has 40 heavy (non-hydrogen) atoms. The zero-order chi connectivity index (χ0) is 28.6. The lowest BCUT2D eigenvalue weighted by Gasteiger charge is -2.43. The highest BCUT2D eigenvalue weighted by Gasteiger charge is 2.35. The van der Waals surface area contributed by atoms with Crippen molar-refractivity contribution in [3.63, 3.8) is 0 Å². The number of rotatable bonds is 5. The molecule has 0 bridgehead atoms. The van der Waals surface area contributed by atoms with E-state index in [0.717, 1.165) is 61.3 Å². The Morgan fingerprint density at radius 1 is 1.12 bits per heavy atom. The average Bonchev–Trinajstić information content (AvgIpc) is 3.24. The van der Waals surface area contributed by atoms with Crippen molar-refractivity contribution in [3.8, 4) is 0 Å². The predicted octanol–water partition coefficient (Wildman–Crippen LogP) is 2.22. The minimum Gasteiger partial charge on any atom is -0.444 e. The summed E-state index contributed by atoms with van der Waals surface area (Å²) in [4.78, 5) is 43.2. The highest BCUT2D eigenvalue weighted by Crippen LogP contribution is 2.36. The molecular weight excluding hydrogens is 512 g/mol. The van der Waals surface area contributed by atoms with Crippen LogP contribution in [-0.2, 0) is 21.4 Å². The number of piperidine rings is 2. The van der Waals surface area contributed by atoms with Gasteiger partial charge in [0, 0.05) is 58.1 Å². The number of amides is 3. The number of hydrogen-bond acceptors (Lipinski definition) is 8. The Morgan fingerprint density at radius 2 is 1.88 bits per heavy atom. The van der Waals surface area contributed by atoms with E-state index in [9.17, 15) is 19.5 Å². The Hall–Kier alpha value is -3.18. The number of aliphatic hydroxyl groups is 1. The molecule has 11 heteroatoms. The van der Waals surface area contributed by atoms with E-state index in [0.29, 0.717) is 31.8 Å². The Balaban J connectivity index is 1.22. The Morgan fingerprint density at radius 3 is 2.55 bits per heavy atom. The van der Waals surface area contributed by atoms with Crippen molar-refractivity contribution in [3.05, 3.63) is 23.9 Å². The highest BCUT2D eigenvalue weighted by molar-refractivity contribution is 6.03. The zero-order valence-corrected chi connectivity index (χ0v) is 24.1. The van der Waals surface area contributed by atoms with E-state index in [4.69, 9.17) is 9.84 Å². The van der Waals surface area contributed by atoms with Crippen LogP contribution in [-0.4, -0.2) is 100 Å². The number of aryl methyl sites for hydroxylation is 1. The van der Waals surface area contributed by atoms with Crippen LogP contribution in [0.25, 0.3) is 10.9 Å². The number of benzene rings is 1. The molecule has 218 valence electrons. The summed E-state index contributed by atoms with van der Waals surface area (Å²) in [5.41, 5.74) is 2.33. The van der Waals surface area contributed by atoms with Gasteiger partial charge in [-0.25, -0.2) is 4.79 Å². The quantitative estimate of drug-likeness (QED) is 0.540. The Kier molecular flexibility index (Phi) is 8.05. The number of aliphatic hydroxyl groups excluding tert-OH is 1. The first-order chi connectivity index (χ1) is 19.0. The first-order valence-corrected chi connectivity index (χ1v) is 14.4. The molecule has 11 nitrogen and oxygen atoms in total. The zero-order valence-electron chi connectivity index (χ0n) is 24.1. The van der Waals surface area contributed by atoms with E-state index < -0.39 is 11.5 Å². The van der Waals surface area contributed by atoms with E-state index in [1.165, 1.54) is 0 Å². The van der Waals surface area contributed by atoms with Gasteiger partial charge in [0.05, 0.1) is 35.5 Å². The predicted molar refractivity (Wildman–Crippen MR) is 151 cm³/mol. The standard InChI is InChI=1S/C29H42N6O5/c1-29(2,3)40-28(39)35-15-14-34(20(17-35)18-36)16-19-10-12-33(13-11-19)23-7-5-6-21-25(31-32(4)26(21)23)22-8-9-24(37)30-27(22)38/h5-7,19-20,22,36H,8-18H2,1-4H3,(H,30,37,38)/t20-,22?/m1/s1. The van der Waals surface area contributed by atoms with Crippen molar-refractivity contribution in [2.75, 3.05) is 50.8 Å². The van der Waals surface area contributed by atoms with Crippen molar-refractivity contribution >= 4 is 34.5 Å². The van der Waals surface area contributed by atoms with Crippen LogP contribution >= 0.6 is 0 Å². The molecule has 3 aliphatic rings. The molecule has 3 fully saturated rings. The fraction of sp³-hybridized carbons (Fsp3) is 0.655. The van der Waals surface area contributed by atoms with Gasteiger partial charge in [0.15, 0.2) is 0 Å². The molecule has 0 radical (unpaired) electrons. The lowest BCUT2D eigenvalue weighted by Crippen LogP contribution is -2.58. The lowest BCUT2D eigenvalue weighted by atomic mass is 9.92. The normalized spacial score (nSPS) is 23.5. The van der Waals surface area contributed by atoms with Gasteiger partial charge in [-0.15, -0.1) is 0 Å². The molecule has 1 aromatic heterocycles. The van der Waals surface area contributed by atoms with Crippen LogP contribution in [0.3, 0.4) is 0 Å². The average molecular weight is 555 g/mol. The molecule has 1 unspecified atom stereocenters. The van der Waals surface area contributed by atoms with Crippen molar-refractivity contribution in [2.45, 2.75) is 64.0 Å². The minimum atomic E-state index is -0.538. The number of nitrogens with one attached hydrogen (secondary N) is 1. The molecular formula is C29H42N6O5. The van der Waals surface area contributed by atoms with Crippen LogP contribution in [0.5, 0.6) is 0 Å². The van der Waals surface area contributed by atoms with Crippen molar-refractivity contribution in [1.82, 2.24) is 24.9 Å². The maximum atomic E-state index is 12.6. The molecule has 2 N–H and O–H groups in total. The molecule has 0 aliphatic carbocycles. The maximum Gasteiger partial charge on any atom is 0.410 e. The number of carbonyl (C=O) groups excluding carboxylic acids is 3. The number of para-hydroxylation sites is 1. The summed E-state index contributed by atoms with van der Waals surface area (Å²) < 4.78 is 7.40. The molecule has 2 atom stereocenters. The molecule has 5 rings (SSSR count). The summed E-state index contributed by atoms with van der Waals surface area (Å²) in [6, 6.07) is 6.07. The van der Waals surface area contributed by atoms with Crippen LogP contribution in [0.15, 0.2) is 18.2 Å². The van der Waals surface area contributed by atoms with Gasteiger partial charge in [0.1, 0.15) is 5.60 Å². The van der Waals surface area contributed by atoms with Gasteiger partial charge in [-0.1, -0.05) is 12.1 Å². The number of aromatic nitrogens is 2. The number of ether oxygens (including phenoxy) is 1. The van der Waals surface area contributed by atoms with Gasteiger partial charge in [0.2, 0.25) is 11.8 Å². The second-order valence-corrected chi connectivity index (χ2v) is 12.4. The lowest BCUT2D eigenvalue weighted by molar-refractivity contribution is -0.134. The van der Waals surface area contributed by atoms with Crippen LogP contribution < -0.4 is 10.2 Å². The summed E-state index contributed by atoms with van der Waals surface area (Å²) in [6.07, 6.45) is 2.54. The number of hydrogen-bond donors (Lipinski definition) is 2. The Labute approximate surface area is 235 Å². The molecule has 1 aromatic carbocycles. The largest absolute Gasteiger partial charge is 0.444 e. The van der Waals surface area contributed by atoms with E-state index in [1.807, 2.05) is 44.6 Å². The first kappa shape index (κ1) is 28.4. The van der Waals surface area contributed by atoms with E-state index >= 15 is 0 Å². The minimum absolute atomic E-state index is 0.0101. The summed E-state index contributed by atoms with van der Waals surface area (Å²) in [7, 11) is 1.92. The summed E-state index contributed by atoms with van der Waals surface area (Å²) in [5.74, 6) is -0.406. The number of piperazine rings is 1. The fourth-order valence-corrected chi connectivity index (χ4v) is 6.30. The van der Waals surface area contributed by atoms with Crippen molar-refractivity contribution in [1.29, 1.82) is 0 Å². The molecule has 4 heterocycles. The second kappa shape index (κ2) is 11.4. The third-order valence-electron chi connectivity index (χ3n) is 8.36. The van der Waals surface area contributed by atoms with Crippen molar-refractivity contribution in [2.24, 2.45) is 13.0 Å². The molecule has 3 saturated heterocycles. The summed E-state index contributed by atoms with van der Waals surface area (Å²) in [5, 5.41) is 18.3. The van der Waals surface area contributed by atoms with Gasteiger partial charge in [-0.05, 0) is 52.0 Å². The number of fused-ring (bicyclic) bond motifs is 1. The van der Waals surface area contributed by atoms with Gasteiger partial charge < -0.3 is 19.6 Å². The molecule has 0 saturated carbocycles. The van der Waals surface area contributed by atoms with Crippen molar-refractivity contribution < 1.29 is 24.2 Å².